The molecule has 1 amide bonds. The monoisotopic (exact) mass is 474 g/mol. The number of hydrogen-bond donors (Lipinski definition) is 0. The van der Waals surface area contributed by atoms with Gasteiger partial charge < -0.3 is 14.4 Å². The second-order valence-corrected chi connectivity index (χ2v) is 9.24. The first-order valence-corrected chi connectivity index (χ1v) is 12.2. The summed E-state index contributed by atoms with van der Waals surface area (Å²) in [7, 11) is 1.74. The molecule has 2 aromatic rings. The molecule has 0 radical (unpaired) electrons. The Labute approximate surface area is 200 Å². The summed E-state index contributed by atoms with van der Waals surface area (Å²) in [6.07, 6.45) is 4.84. The molecule has 1 fully saturated rings. The van der Waals surface area contributed by atoms with Crippen LogP contribution in [0.1, 0.15) is 48.0 Å². The van der Waals surface area contributed by atoms with Gasteiger partial charge in [0.1, 0.15) is 18.2 Å². The molecule has 2 aliphatic heterocycles. The quantitative estimate of drug-likeness (QED) is 0.616. The third-order valence-electron chi connectivity index (χ3n) is 6.70. The molecule has 7 heteroatoms. The van der Waals surface area contributed by atoms with Crippen LogP contribution < -0.4 is 4.74 Å². The van der Waals surface area contributed by atoms with Crippen molar-refractivity contribution in [2.45, 2.75) is 50.8 Å². The fourth-order valence-corrected chi connectivity index (χ4v) is 5.18. The van der Waals surface area contributed by atoms with Gasteiger partial charge in [-0.15, -0.1) is 0 Å². The lowest BCUT2D eigenvalue weighted by Gasteiger charge is -2.41. The molecule has 1 saturated heterocycles. The maximum absolute atomic E-state index is 13.5. The number of halogens is 2. The van der Waals surface area contributed by atoms with Gasteiger partial charge in [-0.05, 0) is 62.1 Å². The molecule has 0 unspecified atom stereocenters. The zero-order valence-corrected chi connectivity index (χ0v) is 19.9. The van der Waals surface area contributed by atoms with E-state index in [4.69, 9.17) is 21.1 Å². The Balaban J connectivity index is 1.56. The van der Waals surface area contributed by atoms with Crippen LogP contribution in [-0.4, -0.2) is 61.2 Å². The van der Waals surface area contributed by atoms with Crippen molar-refractivity contribution in [1.29, 1.82) is 0 Å². The highest BCUT2D eigenvalue weighted by Crippen LogP contribution is 2.29. The summed E-state index contributed by atoms with van der Waals surface area (Å²) >= 11 is 6.29. The van der Waals surface area contributed by atoms with Crippen LogP contribution in [0.2, 0.25) is 5.02 Å². The smallest absolute Gasteiger partial charge is 0.257 e. The number of fused-ring (bicyclic) bond motifs is 2. The van der Waals surface area contributed by atoms with Crippen molar-refractivity contribution >= 4 is 17.5 Å². The number of methoxy groups -OCH3 is 1. The lowest BCUT2D eigenvalue weighted by atomic mass is 9.93. The molecule has 0 N–H and O–H groups in total. The van der Waals surface area contributed by atoms with E-state index in [2.05, 4.69) is 4.90 Å². The Morgan fingerprint density at radius 1 is 1.09 bits per heavy atom. The summed E-state index contributed by atoms with van der Waals surface area (Å²) in [6.45, 7) is 3.38. The van der Waals surface area contributed by atoms with E-state index >= 15 is 0 Å². The highest BCUT2D eigenvalue weighted by molar-refractivity contribution is 6.31. The summed E-state index contributed by atoms with van der Waals surface area (Å²) in [5, 5.41) is 0.440. The SMILES string of the molecule is CO[C@@H]1CCCN2C(=O)c3ccccc3OCCN(Cc3ccc(F)cc3Cl)CCCC[C@H]12. The normalized spacial score (nSPS) is 22.9. The summed E-state index contributed by atoms with van der Waals surface area (Å²) in [5.41, 5.74) is 1.50. The van der Waals surface area contributed by atoms with Crippen molar-refractivity contribution in [2.75, 3.05) is 33.4 Å². The summed E-state index contributed by atoms with van der Waals surface area (Å²) in [4.78, 5) is 17.8. The van der Waals surface area contributed by atoms with Crippen LogP contribution in [0, 0.1) is 5.82 Å². The second kappa shape index (κ2) is 11.3. The molecular weight excluding hydrogens is 443 g/mol. The minimum absolute atomic E-state index is 0.0200. The van der Waals surface area contributed by atoms with Crippen LogP contribution in [0.5, 0.6) is 5.75 Å². The zero-order chi connectivity index (χ0) is 23.2. The molecule has 4 rings (SSSR count). The maximum atomic E-state index is 13.5. The van der Waals surface area contributed by atoms with Crippen molar-refractivity contribution in [3.8, 4) is 5.75 Å². The van der Waals surface area contributed by atoms with Crippen molar-refractivity contribution in [1.82, 2.24) is 9.80 Å². The zero-order valence-electron chi connectivity index (χ0n) is 19.1. The Morgan fingerprint density at radius 2 is 1.94 bits per heavy atom. The van der Waals surface area contributed by atoms with Gasteiger partial charge in [0.2, 0.25) is 0 Å². The number of ether oxygens (including phenoxy) is 2. The van der Waals surface area contributed by atoms with Gasteiger partial charge in [0, 0.05) is 31.8 Å². The number of rotatable bonds is 3. The van der Waals surface area contributed by atoms with E-state index in [-0.39, 0.29) is 23.9 Å². The number of hydrogen-bond acceptors (Lipinski definition) is 4. The lowest BCUT2D eigenvalue weighted by molar-refractivity contribution is -0.0155. The van der Waals surface area contributed by atoms with E-state index in [0.717, 1.165) is 50.8 Å². The van der Waals surface area contributed by atoms with Gasteiger partial charge in [0.15, 0.2) is 0 Å². The minimum Gasteiger partial charge on any atom is -0.491 e. The highest BCUT2D eigenvalue weighted by atomic mass is 35.5. The molecule has 0 spiro atoms. The van der Waals surface area contributed by atoms with E-state index in [1.807, 2.05) is 29.2 Å². The Morgan fingerprint density at radius 3 is 2.76 bits per heavy atom. The molecule has 0 aliphatic carbocycles. The summed E-state index contributed by atoms with van der Waals surface area (Å²) < 4.78 is 25.4. The van der Waals surface area contributed by atoms with Crippen LogP contribution in [0.25, 0.3) is 0 Å². The highest BCUT2D eigenvalue weighted by Gasteiger charge is 2.35. The molecule has 0 bridgehead atoms. The van der Waals surface area contributed by atoms with E-state index in [0.29, 0.717) is 36.0 Å². The third-order valence-corrected chi connectivity index (χ3v) is 7.05. The fraction of sp³-hybridized carbons (Fsp3) is 0.500. The number of para-hydroxylation sites is 1. The Kier molecular flexibility index (Phi) is 8.23. The molecule has 2 aliphatic rings. The molecule has 0 saturated carbocycles. The van der Waals surface area contributed by atoms with Crippen molar-refractivity contribution < 1.29 is 18.7 Å². The van der Waals surface area contributed by atoms with Crippen LogP contribution >= 0.6 is 11.6 Å². The van der Waals surface area contributed by atoms with Gasteiger partial charge in [-0.2, -0.15) is 0 Å². The summed E-state index contributed by atoms with van der Waals surface area (Å²) in [5.74, 6) is 0.300. The molecular formula is C26H32ClFN2O3. The fourth-order valence-electron chi connectivity index (χ4n) is 4.95. The second-order valence-electron chi connectivity index (χ2n) is 8.83. The predicted molar refractivity (Wildman–Crippen MR) is 127 cm³/mol. The average Bonchev–Trinajstić information content (AvgIpc) is 2.83. The van der Waals surface area contributed by atoms with Crippen LogP contribution in [0.15, 0.2) is 42.5 Å². The number of benzene rings is 2. The number of amides is 1. The molecule has 2 aromatic carbocycles. The van der Waals surface area contributed by atoms with Crippen LogP contribution in [0.4, 0.5) is 4.39 Å². The number of nitrogens with zero attached hydrogens (tertiary/aromatic N) is 2. The van der Waals surface area contributed by atoms with Gasteiger partial charge in [-0.1, -0.05) is 36.2 Å². The first kappa shape index (κ1) is 24.0. The van der Waals surface area contributed by atoms with Gasteiger partial charge >= 0.3 is 0 Å². The van der Waals surface area contributed by atoms with Crippen molar-refractivity contribution in [2.24, 2.45) is 0 Å². The Bertz CT molecular complexity index is 957. The lowest BCUT2D eigenvalue weighted by Crippen LogP contribution is -2.51. The first-order chi connectivity index (χ1) is 16.1. The number of piperidine rings is 1. The average molecular weight is 475 g/mol. The molecule has 33 heavy (non-hydrogen) atoms. The van der Waals surface area contributed by atoms with Crippen LogP contribution in [-0.2, 0) is 11.3 Å². The van der Waals surface area contributed by atoms with E-state index in [1.54, 1.807) is 13.2 Å². The van der Waals surface area contributed by atoms with Gasteiger partial charge in [-0.25, -0.2) is 4.39 Å². The molecule has 0 aromatic heterocycles. The number of carbonyl (C=O) groups excluding carboxylic acids is 1. The standard InChI is InChI=1S/C26H32ClFN2O3/c1-32-25-10-6-14-30-23(25)8-4-5-13-29(18-19-11-12-20(28)17-22(19)27)15-16-33-24-9-3-2-7-21(24)26(30)31/h2-3,7,9,11-12,17,23,25H,4-6,8,10,13-16,18H2,1H3/t23-,25-/m1/s1. The van der Waals surface area contributed by atoms with Crippen molar-refractivity contribution in [3.05, 3.63) is 64.4 Å². The third kappa shape index (κ3) is 5.86. The maximum Gasteiger partial charge on any atom is 0.257 e. The molecule has 2 heterocycles. The van der Waals surface area contributed by atoms with E-state index < -0.39 is 0 Å². The summed E-state index contributed by atoms with van der Waals surface area (Å²) in [6, 6.07) is 12.1. The van der Waals surface area contributed by atoms with Crippen molar-refractivity contribution in [3.63, 3.8) is 0 Å². The molecule has 2 atom stereocenters. The van der Waals surface area contributed by atoms with E-state index in [9.17, 15) is 9.18 Å². The number of carbonyl (C=O) groups is 1. The first-order valence-electron chi connectivity index (χ1n) is 11.8. The van der Waals surface area contributed by atoms with Gasteiger partial charge in [0.05, 0.1) is 17.7 Å². The Hall–Kier alpha value is -2.15. The van der Waals surface area contributed by atoms with E-state index in [1.165, 1.54) is 12.1 Å². The molecule has 178 valence electrons. The van der Waals surface area contributed by atoms with Gasteiger partial charge in [0.25, 0.3) is 5.91 Å². The minimum atomic E-state index is -0.331. The topological polar surface area (TPSA) is 42.0 Å². The van der Waals surface area contributed by atoms with Gasteiger partial charge in [-0.3, -0.25) is 9.69 Å². The predicted octanol–water partition coefficient (Wildman–Crippen LogP) is 5.16. The van der Waals surface area contributed by atoms with Crippen LogP contribution in [0.3, 0.4) is 0 Å². The molecule has 5 nitrogen and oxygen atoms in total. The largest absolute Gasteiger partial charge is 0.491 e.